The summed E-state index contributed by atoms with van der Waals surface area (Å²) in [7, 11) is 1.61. The van der Waals surface area contributed by atoms with E-state index in [1.165, 1.54) is 10.9 Å². The zero-order valence-corrected chi connectivity index (χ0v) is 10.4. The van der Waals surface area contributed by atoms with Gasteiger partial charge in [0.2, 0.25) is 0 Å². The number of carbonyl (C=O) groups is 3. The lowest BCUT2D eigenvalue weighted by Crippen LogP contribution is -2.53. The zero-order chi connectivity index (χ0) is 14.2. The Hall–Kier alpha value is -2.58. The first-order chi connectivity index (χ1) is 8.86. The van der Waals surface area contributed by atoms with E-state index < -0.39 is 23.6 Å². The number of nitrogens with zero attached hydrogens (tertiary/aromatic N) is 2. The van der Waals surface area contributed by atoms with E-state index >= 15 is 0 Å². The molecule has 1 saturated heterocycles. The zero-order valence-electron chi connectivity index (χ0n) is 10.4. The van der Waals surface area contributed by atoms with E-state index in [-0.39, 0.29) is 6.54 Å². The third-order valence-corrected chi connectivity index (χ3v) is 2.97. The Kier molecular flexibility index (Phi) is 2.89. The molecule has 1 aromatic heterocycles. The lowest BCUT2D eigenvalue weighted by molar-refractivity contribution is -0.124. The molecular formula is C10H13N5O4. The number of hydrogen-bond donors (Lipinski definition) is 4. The van der Waals surface area contributed by atoms with Crippen LogP contribution in [0.2, 0.25) is 0 Å². The Morgan fingerprint density at radius 1 is 1.58 bits per heavy atom. The topological polar surface area (TPSA) is 125 Å². The van der Waals surface area contributed by atoms with Crippen LogP contribution in [0.15, 0.2) is 6.20 Å². The van der Waals surface area contributed by atoms with E-state index in [4.69, 9.17) is 5.11 Å². The number of urea groups is 1. The number of imide groups is 1. The van der Waals surface area contributed by atoms with Gasteiger partial charge in [0.15, 0.2) is 5.54 Å². The van der Waals surface area contributed by atoms with Crippen molar-refractivity contribution >= 4 is 18.0 Å². The predicted molar refractivity (Wildman–Crippen MR) is 62.3 cm³/mol. The summed E-state index contributed by atoms with van der Waals surface area (Å²) in [6.07, 6.45) is 0.253. The Morgan fingerprint density at radius 3 is 2.68 bits per heavy atom. The van der Waals surface area contributed by atoms with Gasteiger partial charge >= 0.3 is 12.1 Å². The summed E-state index contributed by atoms with van der Waals surface area (Å²) in [4.78, 5) is 34.1. The highest BCUT2D eigenvalue weighted by Gasteiger charge is 2.50. The summed E-state index contributed by atoms with van der Waals surface area (Å²) in [6, 6.07) is -0.669. The molecule has 0 aromatic carbocycles. The molecule has 1 aliphatic rings. The third kappa shape index (κ3) is 1.98. The van der Waals surface area contributed by atoms with E-state index in [1.54, 1.807) is 14.0 Å². The largest absolute Gasteiger partial charge is 0.465 e. The van der Waals surface area contributed by atoms with E-state index in [0.717, 1.165) is 0 Å². The van der Waals surface area contributed by atoms with Crippen LogP contribution in [0.3, 0.4) is 0 Å². The van der Waals surface area contributed by atoms with Gasteiger partial charge < -0.3 is 15.7 Å². The van der Waals surface area contributed by atoms with Crippen molar-refractivity contribution in [2.75, 3.05) is 6.54 Å². The Morgan fingerprint density at radius 2 is 2.26 bits per heavy atom. The van der Waals surface area contributed by atoms with Crippen LogP contribution in [0.25, 0.3) is 0 Å². The van der Waals surface area contributed by atoms with E-state index in [1.807, 2.05) is 0 Å². The van der Waals surface area contributed by atoms with Crippen LogP contribution in [-0.4, -0.2) is 39.5 Å². The maximum absolute atomic E-state index is 12.1. The quantitative estimate of drug-likeness (QED) is 0.524. The number of nitrogens with one attached hydrogen (secondary N) is 3. The minimum Gasteiger partial charge on any atom is -0.465 e. The van der Waals surface area contributed by atoms with Gasteiger partial charge in [0, 0.05) is 7.05 Å². The number of aryl methyl sites for hydroxylation is 2. The van der Waals surface area contributed by atoms with E-state index in [2.05, 4.69) is 21.0 Å². The Balaban J connectivity index is 2.49. The van der Waals surface area contributed by atoms with Crippen LogP contribution in [0.4, 0.5) is 9.59 Å². The smallest absolute Gasteiger partial charge is 0.404 e. The SMILES string of the molecule is Cc1cnn(C)c1C1(CNC(=O)O)NC(=O)NC1=O. The van der Waals surface area contributed by atoms with Crippen molar-refractivity contribution in [2.45, 2.75) is 12.5 Å². The maximum Gasteiger partial charge on any atom is 0.404 e. The number of aromatic nitrogens is 2. The van der Waals surface area contributed by atoms with Crippen LogP contribution in [-0.2, 0) is 17.4 Å². The van der Waals surface area contributed by atoms with Gasteiger partial charge in [-0.15, -0.1) is 0 Å². The summed E-state index contributed by atoms with van der Waals surface area (Å²) in [6.45, 7) is 1.45. The standard InChI is InChI=1S/C10H13N5O4/c1-5-3-12-15(2)6(5)10(4-11-9(18)19)7(16)13-8(17)14-10/h3,11H,4H2,1-2H3,(H,18,19)(H2,13,14,16,17). The van der Waals surface area contributed by atoms with Crippen LogP contribution >= 0.6 is 0 Å². The highest BCUT2D eigenvalue weighted by molar-refractivity contribution is 6.07. The van der Waals surface area contributed by atoms with Gasteiger partial charge in [-0.25, -0.2) is 9.59 Å². The summed E-state index contributed by atoms with van der Waals surface area (Å²) in [5.74, 6) is -0.613. The summed E-state index contributed by atoms with van der Waals surface area (Å²) in [5, 5.41) is 19.4. The first-order valence-electron chi connectivity index (χ1n) is 5.46. The van der Waals surface area contributed by atoms with Crippen molar-refractivity contribution in [3.63, 3.8) is 0 Å². The van der Waals surface area contributed by atoms with Crippen molar-refractivity contribution in [2.24, 2.45) is 7.05 Å². The van der Waals surface area contributed by atoms with Gasteiger partial charge in [0.25, 0.3) is 5.91 Å². The molecular weight excluding hydrogens is 254 g/mol. The highest BCUT2D eigenvalue weighted by atomic mass is 16.4. The molecule has 0 saturated carbocycles. The molecule has 1 aromatic rings. The van der Waals surface area contributed by atoms with Crippen molar-refractivity contribution < 1.29 is 19.5 Å². The molecule has 1 unspecified atom stereocenters. The molecule has 1 fully saturated rings. The molecule has 0 radical (unpaired) electrons. The average Bonchev–Trinajstić information content (AvgIpc) is 2.78. The monoisotopic (exact) mass is 267 g/mol. The number of rotatable bonds is 3. The molecule has 0 spiro atoms. The van der Waals surface area contributed by atoms with Crippen LogP contribution < -0.4 is 16.0 Å². The van der Waals surface area contributed by atoms with Crippen molar-refractivity contribution in [1.29, 1.82) is 0 Å². The van der Waals surface area contributed by atoms with E-state index in [9.17, 15) is 14.4 Å². The fraction of sp³-hybridized carbons (Fsp3) is 0.400. The molecule has 9 nitrogen and oxygen atoms in total. The molecule has 4 amide bonds. The normalized spacial score (nSPS) is 22.0. The van der Waals surface area contributed by atoms with Gasteiger partial charge in [0.1, 0.15) is 0 Å². The highest BCUT2D eigenvalue weighted by Crippen LogP contribution is 2.26. The fourth-order valence-electron chi connectivity index (χ4n) is 2.23. The lowest BCUT2D eigenvalue weighted by Gasteiger charge is -2.26. The fourth-order valence-corrected chi connectivity index (χ4v) is 2.23. The molecule has 9 heteroatoms. The second kappa shape index (κ2) is 4.26. The molecule has 2 heterocycles. The van der Waals surface area contributed by atoms with Crippen LogP contribution in [0, 0.1) is 6.92 Å². The molecule has 0 bridgehead atoms. The number of carboxylic acid groups (broad SMARTS) is 1. The van der Waals surface area contributed by atoms with Gasteiger partial charge in [-0.2, -0.15) is 5.10 Å². The summed E-state index contributed by atoms with van der Waals surface area (Å²) < 4.78 is 1.43. The maximum atomic E-state index is 12.1. The Labute approximate surface area is 108 Å². The number of hydrogen-bond acceptors (Lipinski definition) is 4. The average molecular weight is 267 g/mol. The Bertz CT molecular complexity index is 547. The van der Waals surface area contributed by atoms with Crippen molar-refractivity contribution in [3.8, 4) is 0 Å². The second-order valence-corrected chi connectivity index (χ2v) is 4.27. The molecule has 102 valence electrons. The molecule has 4 N–H and O–H groups in total. The van der Waals surface area contributed by atoms with Crippen LogP contribution in [0.1, 0.15) is 11.3 Å². The number of amides is 4. The molecule has 1 aliphatic heterocycles. The first kappa shape index (κ1) is 12.9. The first-order valence-corrected chi connectivity index (χ1v) is 5.46. The van der Waals surface area contributed by atoms with Crippen molar-refractivity contribution in [3.05, 3.63) is 17.5 Å². The minimum absolute atomic E-state index is 0.278. The lowest BCUT2D eigenvalue weighted by atomic mass is 9.92. The second-order valence-electron chi connectivity index (χ2n) is 4.27. The summed E-state index contributed by atoms with van der Waals surface area (Å²) >= 11 is 0. The third-order valence-electron chi connectivity index (χ3n) is 2.97. The summed E-state index contributed by atoms with van der Waals surface area (Å²) in [5.41, 5.74) is -0.373. The van der Waals surface area contributed by atoms with Gasteiger partial charge in [0.05, 0.1) is 18.4 Å². The molecule has 0 aliphatic carbocycles. The van der Waals surface area contributed by atoms with Gasteiger partial charge in [-0.05, 0) is 12.5 Å². The van der Waals surface area contributed by atoms with Gasteiger partial charge in [-0.1, -0.05) is 0 Å². The predicted octanol–water partition coefficient (Wildman–Crippen LogP) is -0.969. The van der Waals surface area contributed by atoms with E-state index in [0.29, 0.717) is 11.3 Å². The molecule has 1 atom stereocenters. The molecule has 2 rings (SSSR count). The van der Waals surface area contributed by atoms with Crippen LogP contribution in [0.5, 0.6) is 0 Å². The van der Waals surface area contributed by atoms with Gasteiger partial charge in [-0.3, -0.25) is 14.8 Å². The number of carbonyl (C=O) groups excluding carboxylic acids is 2. The van der Waals surface area contributed by atoms with Crippen molar-refractivity contribution in [1.82, 2.24) is 25.7 Å². The minimum atomic E-state index is -1.48. The molecule has 19 heavy (non-hydrogen) atoms.